The summed E-state index contributed by atoms with van der Waals surface area (Å²) >= 11 is 11.2. The van der Waals surface area contributed by atoms with E-state index in [1.807, 2.05) is 30.3 Å². The second-order valence-corrected chi connectivity index (χ2v) is 7.75. The van der Waals surface area contributed by atoms with E-state index in [1.165, 1.54) is 0 Å². The summed E-state index contributed by atoms with van der Waals surface area (Å²) in [5.41, 5.74) is 1.43. The molecule has 2 aromatic rings. The van der Waals surface area contributed by atoms with E-state index in [0.29, 0.717) is 30.1 Å². The zero-order chi connectivity index (χ0) is 22.2. The summed E-state index contributed by atoms with van der Waals surface area (Å²) in [5.74, 6) is -1.26. The lowest BCUT2D eigenvalue weighted by Gasteiger charge is -2.36. The third-order valence-corrected chi connectivity index (χ3v) is 5.36. The van der Waals surface area contributed by atoms with Gasteiger partial charge in [-0.3, -0.25) is 19.7 Å². The minimum atomic E-state index is -0.851. The van der Waals surface area contributed by atoms with Crippen LogP contribution in [0.15, 0.2) is 54.6 Å². The van der Waals surface area contributed by atoms with Crippen LogP contribution in [-0.2, 0) is 20.7 Å². The lowest BCUT2D eigenvalue weighted by Crippen LogP contribution is -2.60. The molecule has 162 valence electrons. The van der Waals surface area contributed by atoms with E-state index in [1.54, 1.807) is 29.2 Å². The number of piperazine rings is 1. The number of halogens is 1. The van der Waals surface area contributed by atoms with E-state index in [2.05, 4.69) is 10.6 Å². The van der Waals surface area contributed by atoms with Crippen LogP contribution in [0.25, 0.3) is 0 Å². The van der Waals surface area contributed by atoms with Crippen molar-refractivity contribution in [1.29, 1.82) is 0 Å². The van der Waals surface area contributed by atoms with E-state index in [0.717, 1.165) is 5.56 Å². The highest BCUT2D eigenvalue weighted by atomic mass is 35.5. The van der Waals surface area contributed by atoms with Gasteiger partial charge in [-0.15, -0.1) is 0 Å². The number of hydrogen-bond donors (Lipinski definition) is 2. The highest BCUT2D eigenvalue weighted by molar-refractivity contribution is 7.80. The highest BCUT2D eigenvalue weighted by Gasteiger charge is 2.34. The Morgan fingerprint density at radius 3 is 2.58 bits per heavy atom. The molecule has 1 unspecified atom stereocenters. The molecule has 0 bridgehead atoms. The Kier molecular flexibility index (Phi) is 7.97. The van der Waals surface area contributed by atoms with Crippen molar-refractivity contribution in [3.05, 3.63) is 70.7 Å². The number of amides is 2. The van der Waals surface area contributed by atoms with Crippen molar-refractivity contribution in [1.82, 2.24) is 15.5 Å². The predicted molar refractivity (Wildman–Crippen MR) is 121 cm³/mol. The quantitative estimate of drug-likeness (QED) is 0.509. The van der Waals surface area contributed by atoms with Crippen LogP contribution in [0, 0.1) is 0 Å². The lowest BCUT2D eigenvalue weighted by molar-refractivity contribution is -0.147. The number of esters is 1. The number of hydrogen-bond acceptors (Lipinski definition) is 5. The van der Waals surface area contributed by atoms with E-state index in [9.17, 15) is 14.4 Å². The van der Waals surface area contributed by atoms with Crippen LogP contribution >= 0.6 is 23.8 Å². The maximum absolute atomic E-state index is 12.4. The van der Waals surface area contributed by atoms with Crippen LogP contribution in [0.4, 0.5) is 0 Å². The van der Waals surface area contributed by atoms with Crippen molar-refractivity contribution in [2.45, 2.75) is 18.9 Å². The van der Waals surface area contributed by atoms with Crippen molar-refractivity contribution >= 4 is 46.7 Å². The fourth-order valence-electron chi connectivity index (χ4n) is 3.15. The third-order valence-electron chi connectivity index (χ3n) is 4.78. The molecule has 0 spiro atoms. The molecule has 31 heavy (non-hydrogen) atoms. The maximum Gasteiger partial charge on any atom is 0.308 e. The van der Waals surface area contributed by atoms with Crippen LogP contribution in [0.2, 0.25) is 5.02 Å². The summed E-state index contributed by atoms with van der Waals surface area (Å²) in [6, 6.07) is 15.1. The standard InChI is InChI=1S/C22H22ClN3O4S/c23-17-8-6-16(7-9-17)20(28)25-22(31)26-12-11-24-21(29)18(26)14-19(27)30-13-10-15-4-2-1-3-5-15/h1-9,18H,10-14H2,(H,24,29)(H,25,28,31). The molecule has 0 aliphatic carbocycles. The van der Waals surface area contributed by atoms with Gasteiger partial charge in [-0.05, 0) is 42.0 Å². The van der Waals surface area contributed by atoms with Crippen molar-refractivity contribution in [3.8, 4) is 0 Å². The van der Waals surface area contributed by atoms with Crippen LogP contribution in [0.3, 0.4) is 0 Å². The number of benzene rings is 2. The number of rotatable bonds is 6. The molecule has 3 rings (SSSR count). The average molecular weight is 460 g/mol. The molecule has 1 atom stereocenters. The van der Waals surface area contributed by atoms with Gasteiger partial charge in [0.25, 0.3) is 5.91 Å². The van der Waals surface area contributed by atoms with Crippen LogP contribution < -0.4 is 10.6 Å². The van der Waals surface area contributed by atoms with Gasteiger partial charge in [0.15, 0.2) is 5.11 Å². The Hall–Kier alpha value is -2.97. The van der Waals surface area contributed by atoms with Gasteiger partial charge < -0.3 is 15.0 Å². The van der Waals surface area contributed by atoms with E-state index < -0.39 is 17.9 Å². The smallest absolute Gasteiger partial charge is 0.308 e. The van der Waals surface area contributed by atoms with E-state index in [-0.39, 0.29) is 24.0 Å². The number of nitrogens with zero attached hydrogens (tertiary/aromatic N) is 1. The summed E-state index contributed by atoms with van der Waals surface area (Å²) in [5, 5.41) is 5.93. The molecule has 2 N–H and O–H groups in total. The normalized spacial score (nSPS) is 15.7. The van der Waals surface area contributed by atoms with Crippen molar-refractivity contribution in [2.75, 3.05) is 19.7 Å². The summed E-state index contributed by atoms with van der Waals surface area (Å²) in [6.45, 7) is 0.942. The molecule has 1 aliphatic heterocycles. The third kappa shape index (κ3) is 6.50. The molecule has 0 radical (unpaired) electrons. The molecule has 7 nitrogen and oxygen atoms in total. The fourth-order valence-corrected chi connectivity index (χ4v) is 3.58. The van der Waals surface area contributed by atoms with E-state index in [4.69, 9.17) is 28.6 Å². The summed E-state index contributed by atoms with van der Waals surface area (Å²) in [4.78, 5) is 38.7. The first-order valence-corrected chi connectivity index (χ1v) is 10.6. The summed E-state index contributed by atoms with van der Waals surface area (Å²) < 4.78 is 5.30. The zero-order valence-electron chi connectivity index (χ0n) is 16.7. The molecular formula is C22H22ClN3O4S. The van der Waals surface area contributed by atoms with Crippen LogP contribution in [-0.4, -0.2) is 53.5 Å². The monoisotopic (exact) mass is 459 g/mol. The Morgan fingerprint density at radius 1 is 1.16 bits per heavy atom. The summed E-state index contributed by atoms with van der Waals surface area (Å²) in [6.07, 6.45) is 0.417. The average Bonchev–Trinajstić information content (AvgIpc) is 2.76. The molecule has 2 aromatic carbocycles. The molecular weight excluding hydrogens is 438 g/mol. The van der Waals surface area contributed by atoms with Gasteiger partial charge >= 0.3 is 5.97 Å². The number of thiocarbonyl (C=S) groups is 1. The molecule has 1 heterocycles. The van der Waals surface area contributed by atoms with Gasteiger partial charge in [-0.2, -0.15) is 0 Å². The fraction of sp³-hybridized carbons (Fsp3) is 0.273. The van der Waals surface area contributed by atoms with Crippen LogP contribution in [0.5, 0.6) is 0 Å². The molecule has 1 aliphatic rings. The summed E-state index contributed by atoms with van der Waals surface area (Å²) in [7, 11) is 0. The maximum atomic E-state index is 12.4. The van der Waals surface area contributed by atoms with Gasteiger partial charge in [-0.25, -0.2) is 0 Å². The Labute approximate surface area is 190 Å². The SMILES string of the molecule is O=C(CC1C(=O)NCCN1C(=S)NC(=O)c1ccc(Cl)cc1)OCCc1ccccc1. The molecule has 1 saturated heterocycles. The topological polar surface area (TPSA) is 87.7 Å². The predicted octanol–water partition coefficient (Wildman–Crippen LogP) is 2.33. The molecule has 9 heteroatoms. The van der Waals surface area contributed by atoms with Gasteiger partial charge in [0.05, 0.1) is 13.0 Å². The molecule has 1 fully saturated rings. The lowest BCUT2D eigenvalue weighted by atomic mass is 10.1. The zero-order valence-corrected chi connectivity index (χ0v) is 18.2. The second-order valence-electron chi connectivity index (χ2n) is 6.93. The van der Waals surface area contributed by atoms with Gasteiger partial charge in [0, 0.05) is 30.1 Å². The Bertz CT molecular complexity index is 953. The highest BCUT2D eigenvalue weighted by Crippen LogP contribution is 2.13. The second kappa shape index (κ2) is 10.9. The van der Waals surface area contributed by atoms with Gasteiger partial charge in [-0.1, -0.05) is 41.9 Å². The first kappa shape index (κ1) is 22.7. The number of nitrogens with one attached hydrogen (secondary N) is 2. The van der Waals surface area contributed by atoms with Crippen molar-refractivity contribution in [3.63, 3.8) is 0 Å². The van der Waals surface area contributed by atoms with E-state index >= 15 is 0 Å². The molecule has 0 aromatic heterocycles. The first-order valence-electron chi connectivity index (χ1n) is 9.79. The first-order chi connectivity index (χ1) is 14.9. The Balaban J connectivity index is 1.56. The minimum absolute atomic E-state index is 0.0804. The van der Waals surface area contributed by atoms with Crippen molar-refractivity contribution in [2.24, 2.45) is 0 Å². The van der Waals surface area contributed by atoms with Gasteiger partial charge in [0.1, 0.15) is 6.04 Å². The van der Waals surface area contributed by atoms with Crippen LogP contribution in [0.1, 0.15) is 22.3 Å². The number of carbonyl (C=O) groups is 3. The number of carbonyl (C=O) groups excluding carboxylic acids is 3. The van der Waals surface area contributed by atoms with Crippen molar-refractivity contribution < 1.29 is 19.1 Å². The minimum Gasteiger partial charge on any atom is -0.465 e. The molecule has 2 amide bonds. The largest absolute Gasteiger partial charge is 0.465 e. The molecule has 0 saturated carbocycles. The van der Waals surface area contributed by atoms with Gasteiger partial charge in [0.2, 0.25) is 5.91 Å². The number of ether oxygens (including phenoxy) is 1. The Morgan fingerprint density at radius 2 is 1.87 bits per heavy atom.